The Morgan fingerprint density at radius 3 is 1.48 bits per heavy atom. The Morgan fingerprint density at radius 1 is 0.477 bits per heavy atom. The number of hydrogen-bond acceptors (Lipinski definition) is 5. The van der Waals surface area contributed by atoms with Crippen molar-refractivity contribution in [1.29, 1.82) is 0 Å². The molecule has 0 saturated heterocycles. The summed E-state index contributed by atoms with van der Waals surface area (Å²) >= 11 is 0. The van der Waals surface area contributed by atoms with Crippen molar-refractivity contribution in [2.45, 2.75) is 257 Å². The number of hydrogen-bond donors (Lipinski definition) is 3. The van der Waals surface area contributed by atoms with Gasteiger partial charge in [0.05, 0.1) is 25.2 Å². The van der Waals surface area contributed by atoms with Gasteiger partial charge in [-0.25, -0.2) is 0 Å². The molecule has 6 nitrogen and oxygen atoms in total. The maximum absolute atomic E-state index is 13.2. The van der Waals surface area contributed by atoms with Gasteiger partial charge in [0.15, 0.2) is 0 Å². The number of aliphatic hydroxyl groups excluding tert-OH is 2. The SMILES string of the molecule is CC/C=C/C/C=C/C/C=C/CCCCCCC(=O)OC(CCCCC/C=C/C=C/C=C/C=C/C=C/CCC)CC(=O)NC(CO)C(O)CCCCCCCCCCCCCCCCCC. The number of unbranched alkanes of at least 4 members (excludes halogenated alkanes) is 23. The van der Waals surface area contributed by atoms with Gasteiger partial charge in [-0.15, -0.1) is 0 Å². The van der Waals surface area contributed by atoms with Gasteiger partial charge in [-0.05, 0) is 77.0 Å². The van der Waals surface area contributed by atoms with E-state index in [1.807, 2.05) is 36.5 Å². The van der Waals surface area contributed by atoms with Crippen molar-refractivity contribution < 1.29 is 24.5 Å². The van der Waals surface area contributed by atoms with Gasteiger partial charge >= 0.3 is 5.97 Å². The third kappa shape index (κ3) is 47.1. The van der Waals surface area contributed by atoms with E-state index >= 15 is 0 Å². The van der Waals surface area contributed by atoms with Crippen molar-refractivity contribution >= 4 is 11.9 Å². The molecule has 0 heterocycles. The van der Waals surface area contributed by atoms with E-state index in [0.29, 0.717) is 19.3 Å². The highest BCUT2D eigenvalue weighted by Crippen LogP contribution is 2.17. The maximum atomic E-state index is 13.2. The third-order valence-corrected chi connectivity index (χ3v) is 11.8. The molecular weight excluding hydrogens is 803 g/mol. The first kappa shape index (κ1) is 61.8. The Kier molecular flexibility index (Phi) is 49.2. The fourth-order valence-corrected chi connectivity index (χ4v) is 7.71. The first-order valence-corrected chi connectivity index (χ1v) is 27.0. The Hall–Kier alpha value is -3.22. The summed E-state index contributed by atoms with van der Waals surface area (Å²) < 4.78 is 5.91. The first-order chi connectivity index (χ1) is 32.0. The Balaban J connectivity index is 4.69. The summed E-state index contributed by atoms with van der Waals surface area (Å²) in [5.74, 6) is -0.547. The van der Waals surface area contributed by atoms with Crippen molar-refractivity contribution in [1.82, 2.24) is 5.32 Å². The molecule has 372 valence electrons. The lowest BCUT2D eigenvalue weighted by Crippen LogP contribution is -2.46. The first-order valence-electron chi connectivity index (χ1n) is 27.0. The van der Waals surface area contributed by atoms with Gasteiger partial charge < -0.3 is 20.3 Å². The number of esters is 1. The van der Waals surface area contributed by atoms with E-state index < -0.39 is 18.2 Å². The summed E-state index contributed by atoms with van der Waals surface area (Å²) in [7, 11) is 0. The van der Waals surface area contributed by atoms with Crippen LogP contribution in [0, 0.1) is 0 Å². The average Bonchev–Trinajstić information content (AvgIpc) is 3.30. The van der Waals surface area contributed by atoms with Crippen molar-refractivity contribution in [3.8, 4) is 0 Å². The topological polar surface area (TPSA) is 95.9 Å². The van der Waals surface area contributed by atoms with Gasteiger partial charge in [-0.1, -0.05) is 246 Å². The number of carbonyl (C=O) groups excluding carboxylic acids is 2. The van der Waals surface area contributed by atoms with Crippen LogP contribution in [0.2, 0.25) is 0 Å². The number of ether oxygens (including phenoxy) is 1. The van der Waals surface area contributed by atoms with Crippen molar-refractivity contribution in [2.24, 2.45) is 0 Å². The summed E-state index contributed by atoms with van der Waals surface area (Å²) in [6, 6.07) is -0.727. The normalized spacial score (nSPS) is 14.0. The maximum Gasteiger partial charge on any atom is 0.306 e. The molecule has 3 N–H and O–H groups in total. The van der Waals surface area contributed by atoms with E-state index in [4.69, 9.17) is 4.74 Å². The zero-order valence-corrected chi connectivity index (χ0v) is 42.3. The van der Waals surface area contributed by atoms with Gasteiger partial charge in [0, 0.05) is 6.42 Å². The highest BCUT2D eigenvalue weighted by atomic mass is 16.5. The summed E-state index contributed by atoms with van der Waals surface area (Å²) in [4.78, 5) is 26.2. The molecule has 0 aliphatic heterocycles. The fraction of sp³-hybridized carbons (Fsp3) is 0.695. The number of aliphatic hydroxyl groups is 2. The van der Waals surface area contributed by atoms with E-state index in [0.717, 1.165) is 103 Å². The van der Waals surface area contributed by atoms with Crippen LogP contribution in [0.5, 0.6) is 0 Å². The predicted molar refractivity (Wildman–Crippen MR) is 282 cm³/mol. The van der Waals surface area contributed by atoms with Crippen molar-refractivity contribution in [3.63, 3.8) is 0 Å². The van der Waals surface area contributed by atoms with Gasteiger partial charge in [-0.2, -0.15) is 0 Å². The van der Waals surface area contributed by atoms with E-state index in [2.05, 4.69) is 86.8 Å². The van der Waals surface area contributed by atoms with Crippen LogP contribution in [0.15, 0.2) is 97.2 Å². The standard InChI is InChI=1S/C59H101NO5/c1-4-7-10-13-16-19-22-25-28-30-32-35-38-41-44-47-50-55(65-59(64)52-49-46-43-40-37-34-27-24-21-18-15-12-9-6-3)53-58(63)60-56(54-61)57(62)51-48-45-42-39-36-33-31-29-26-23-20-17-14-11-8-5-2/h9-10,12-13,16,18-19,21-22,25,27-28,30,32,34-35,55-57,61-62H,4-8,11,14-15,17,20,23-24,26,29,31,33,36-54H2,1-3H3,(H,60,63)/b12-9+,13-10+,19-16+,21-18+,25-22+,30-28+,34-27+,35-32+. The van der Waals surface area contributed by atoms with E-state index in [-0.39, 0.29) is 24.9 Å². The van der Waals surface area contributed by atoms with Crippen LogP contribution >= 0.6 is 0 Å². The van der Waals surface area contributed by atoms with Crippen LogP contribution in [0.3, 0.4) is 0 Å². The quantitative estimate of drug-likeness (QED) is 0.0245. The molecule has 3 atom stereocenters. The highest BCUT2D eigenvalue weighted by Gasteiger charge is 2.24. The van der Waals surface area contributed by atoms with Gasteiger partial charge in [0.25, 0.3) is 0 Å². The number of nitrogens with one attached hydrogen (secondary N) is 1. The minimum Gasteiger partial charge on any atom is -0.462 e. The molecule has 0 aromatic heterocycles. The molecule has 0 aromatic carbocycles. The van der Waals surface area contributed by atoms with E-state index in [9.17, 15) is 19.8 Å². The molecule has 0 saturated carbocycles. The van der Waals surface area contributed by atoms with Crippen LogP contribution in [-0.2, 0) is 14.3 Å². The molecule has 65 heavy (non-hydrogen) atoms. The zero-order valence-electron chi connectivity index (χ0n) is 42.3. The van der Waals surface area contributed by atoms with Gasteiger partial charge in [0.1, 0.15) is 6.10 Å². The number of rotatable bonds is 47. The highest BCUT2D eigenvalue weighted by molar-refractivity contribution is 5.77. The lowest BCUT2D eigenvalue weighted by atomic mass is 10.0. The Labute approximate surface area is 401 Å². The molecule has 0 fully saturated rings. The fourth-order valence-electron chi connectivity index (χ4n) is 7.71. The largest absolute Gasteiger partial charge is 0.462 e. The second-order valence-corrected chi connectivity index (χ2v) is 18.0. The average molecular weight is 904 g/mol. The van der Waals surface area contributed by atoms with Crippen LogP contribution in [0.1, 0.15) is 239 Å². The Morgan fingerprint density at radius 2 is 0.923 bits per heavy atom. The number of carbonyl (C=O) groups is 2. The lowest BCUT2D eigenvalue weighted by Gasteiger charge is -2.24. The Bertz CT molecular complexity index is 1290. The number of allylic oxidation sites excluding steroid dienone is 16. The van der Waals surface area contributed by atoms with Crippen molar-refractivity contribution in [2.75, 3.05) is 6.61 Å². The molecule has 0 spiro atoms. The van der Waals surface area contributed by atoms with Crippen LogP contribution in [0.25, 0.3) is 0 Å². The minimum atomic E-state index is -0.810. The summed E-state index contributed by atoms with van der Waals surface area (Å²) in [6.07, 6.45) is 68.9. The number of amides is 1. The van der Waals surface area contributed by atoms with Gasteiger partial charge in [0.2, 0.25) is 5.91 Å². The van der Waals surface area contributed by atoms with Crippen molar-refractivity contribution in [3.05, 3.63) is 97.2 Å². The molecule has 0 aliphatic carbocycles. The molecule has 0 aliphatic rings. The second kappa shape index (κ2) is 51.8. The molecule has 0 bridgehead atoms. The lowest BCUT2D eigenvalue weighted by molar-refractivity contribution is -0.151. The monoisotopic (exact) mass is 904 g/mol. The smallest absolute Gasteiger partial charge is 0.306 e. The van der Waals surface area contributed by atoms with Crippen LogP contribution < -0.4 is 5.32 Å². The summed E-state index contributed by atoms with van der Waals surface area (Å²) in [6.45, 7) is 6.27. The second-order valence-electron chi connectivity index (χ2n) is 18.0. The predicted octanol–water partition coefficient (Wildman–Crippen LogP) is 16.5. The van der Waals surface area contributed by atoms with Crippen LogP contribution in [0.4, 0.5) is 0 Å². The third-order valence-electron chi connectivity index (χ3n) is 11.8. The zero-order chi connectivity index (χ0) is 47.4. The molecule has 1 amide bonds. The van der Waals surface area contributed by atoms with E-state index in [1.54, 1.807) is 0 Å². The summed E-state index contributed by atoms with van der Waals surface area (Å²) in [5.41, 5.74) is 0. The summed E-state index contributed by atoms with van der Waals surface area (Å²) in [5, 5.41) is 23.8. The molecular formula is C59H101NO5. The van der Waals surface area contributed by atoms with Gasteiger partial charge in [-0.3, -0.25) is 9.59 Å². The minimum absolute atomic E-state index is 0.0351. The molecule has 0 radical (unpaired) electrons. The molecule has 0 aromatic rings. The van der Waals surface area contributed by atoms with E-state index in [1.165, 1.54) is 89.9 Å². The molecule has 3 unspecified atom stereocenters. The molecule has 6 heteroatoms. The molecule has 0 rings (SSSR count). The van der Waals surface area contributed by atoms with Crippen LogP contribution in [-0.4, -0.2) is 46.9 Å².